The van der Waals surface area contributed by atoms with Gasteiger partial charge in [0.05, 0.1) is 28.4 Å². The van der Waals surface area contributed by atoms with Crippen LogP contribution < -0.4 is 14.4 Å². The Morgan fingerprint density at radius 3 is 2.30 bits per heavy atom. The summed E-state index contributed by atoms with van der Waals surface area (Å²) in [4.78, 5) is 12.5. The van der Waals surface area contributed by atoms with Crippen LogP contribution in [0.3, 0.4) is 0 Å². The highest BCUT2D eigenvalue weighted by molar-refractivity contribution is 7.92. The number of nitrogens with one attached hydrogen (secondary N) is 1. The van der Waals surface area contributed by atoms with Gasteiger partial charge in [-0.3, -0.25) is 9.10 Å². The van der Waals surface area contributed by atoms with E-state index in [-0.39, 0.29) is 10.5 Å². The molecule has 0 spiro atoms. The number of benzene rings is 3. The van der Waals surface area contributed by atoms with E-state index < -0.39 is 15.9 Å². The molecule has 156 valence electrons. The second-order valence-electron chi connectivity index (χ2n) is 6.25. The molecule has 0 aliphatic rings. The quantitative estimate of drug-likeness (QED) is 0.551. The molecule has 3 rings (SSSR count). The normalized spacial score (nSPS) is 11.1. The largest absolute Gasteiger partial charge is 0.495 e. The average Bonchev–Trinajstić information content (AvgIpc) is 2.75. The molecule has 1 N–H and O–H groups in total. The fourth-order valence-electron chi connectivity index (χ4n) is 2.74. The van der Waals surface area contributed by atoms with Crippen LogP contribution in [0.4, 0.5) is 11.4 Å². The lowest BCUT2D eigenvalue weighted by molar-refractivity contribution is 0.102. The van der Waals surface area contributed by atoms with Crippen LogP contribution in [0.1, 0.15) is 10.4 Å². The minimum atomic E-state index is -3.85. The van der Waals surface area contributed by atoms with Gasteiger partial charge in [-0.05, 0) is 54.6 Å². The van der Waals surface area contributed by atoms with E-state index in [1.165, 1.54) is 44.5 Å². The summed E-state index contributed by atoms with van der Waals surface area (Å²) in [5.74, 6) is 0.000620. The maximum atomic E-state index is 13.0. The van der Waals surface area contributed by atoms with Crippen molar-refractivity contribution < 1.29 is 17.9 Å². The third-order valence-electron chi connectivity index (χ3n) is 4.38. The number of carbonyl (C=O) groups is 1. The van der Waals surface area contributed by atoms with Gasteiger partial charge in [0.15, 0.2) is 0 Å². The second-order valence-corrected chi connectivity index (χ2v) is 9.06. The molecule has 6 nitrogen and oxygen atoms in total. The zero-order valence-electron chi connectivity index (χ0n) is 16.1. The highest BCUT2D eigenvalue weighted by Crippen LogP contribution is 2.31. The Hall–Kier alpha value is -2.74. The summed E-state index contributed by atoms with van der Waals surface area (Å²) in [6.07, 6.45) is 0. The lowest BCUT2D eigenvalue weighted by Crippen LogP contribution is -2.27. The molecular formula is C21H18Cl2N2O4S. The molecule has 0 unspecified atom stereocenters. The topological polar surface area (TPSA) is 75.7 Å². The number of rotatable bonds is 6. The molecule has 1 amide bonds. The highest BCUT2D eigenvalue weighted by Gasteiger charge is 2.24. The average molecular weight is 465 g/mol. The lowest BCUT2D eigenvalue weighted by atomic mass is 10.2. The Labute approximate surface area is 185 Å². The highest BCUT2D eigenvalue weighted by atomic mass is 35.5. The van der Waals surface area contributed by atoms with Gasteiger partial charge in [0.25, 0.3) is 15.9 Å². The van der Waals surface area contributed by atoms with Gasteiger partial charge in [0.1, 0.15) is 5.75 Å². The number of sulfonamides is 1. The predicted octanol–water partition coefficient (Wildman–Crippen LogP) is 5.08. The molecule has 0 fully saturated rings. The number of anilines is 2. The van der Waals surface area contributed by atoms with Gasteiger partial charge >= 0.3 is 0 Å². The summed E-state index contributed by atoms with van der Waals surface area (Å²) in [5.41, 5.74) is 1.08. The summed E-state index contributed by atoms with van der Waals surface area (Å²) in [5, 5.41) is 3.42. The maximum absolute atomic E-state index is 13.0. The Balaban J connectivity index is 1.82. The summed E-state index contributed by atoms with van der Waals surface area (Å²) < 4.78 is 32.4. The molecule has 0 radical (unpaired) electrons. The zero-order valence-corrected chi connectivity index (χ0v) is 18.4. The number of nitrogens with zero attached hydrogens (tertiary/aromatic N) is 1. The number of halogens is 2. The van der Waals surface area contributed by atoms with Gasteiger partial charge < -0.3 is 10.1 Å². The number of ether oxygens (including phenoxy) is 1. The van der Waals surface area contributed by atoms with Crippen molar-refractivity contribution in [1.29, 1.82) is 0 Å². The van der Waals surface area contributed by atoms with Crippen LogP contribution in [0.25, 0.3) is 0 Å². The molecule has 9 heteroatoms. The van der Waals surface area contributed by atoms with Crippen LogP contribution >= 0.6 is 23.2 Å². The first kappa shape index (κ1) is 22.0. The molecule has 0 aromatic heterocycles. The van der Waals surface area contributed by atoms with Crippen LogP contribution in [0.2, 0.25) is 10.0 Å². The summed E-state index contributed by atoms with van der Waals surface area (Å²) in [6, 6.07) is 17.1. The van der Waals surface area contributed by atoms with Crippen molar-refractivity contribution >= 4 is 50.5 Å². The monoisotopic (exact) mass is 464 g/mol. The van der Waals surface area contributed by atoms with E-state index in [0.29, 0.717) is 27.2 Å². The van der Waals surface area contributed by atoms with Crippen LogP contribution in [-0.4, -0.2) is 28.5 Å². The van der Waals surface area contributed by atoms with Gasteiger partial charge in [-0.1, -0.05) is 35.3 Å². The second kappa shape index (κ2) is 8.95. The molecule has 0 saturated carbocycles. The summed E-state index contributed by atoms with van der Waals surface area (Å²) in [6.45, 7) is 0. The van der Waals surface area contributed by atoms with Crippen molar-refractivity contribution in [3.8, 4) is 5.75 Å². The molecule has 0 saturated heterocycles. The fourth-order valence-corrected chi connectivity index (χ4v) is 4.40. The number of hydrogen-bond acceptors (Lipinski definition) is 4. The number of hydrogen-bond donors (Lipinski definition) is 1. The first-order valence-corrected chi connectivity index (χ1v) is 10.9. The molecule has 30 heavy (non-hydrogen) atoms. The van der Waals surface area contributed by atoms with Crippen molar-refractivity contribution in [2.75, 3.05) is 23.8 Å². The van der Waals surface area contributed by atoms with Crippen molar-refractivity contribution in [2.24, 2.45) is 0 Å². The van der Waals surface area contributed by atoms with Gasteiger partial charge in [-0.25, -0.2) is 8.42 Å². The van der Waals surface area contributed by atoms with Gasteiger partial charge in [-0.2, -0.15) is 0 Å². The lowest BCUT2D eigenvalue weighted by Gasteiger charge is -2.21. The van der Waals surface area contributed by atoms with Crippen LogP contribution in [0, 0.1) is 0 Å². The minimum Gasteiger partial charge on any atom is -0.495 e. The molecule has 0 heterocycles. The molecule has 3 aromatic carbocycles. The predicted molar refractivity (Wildman–Crippen MR) is 119 cm³/mol. The Bertz CT molecular complexity index is 1180. The SMILES string of the molecule is COc1ccccc1N(C)S(=O)(=O)c1ccc(C(=O)Nc2ccc(Cl)cc2Cl)cc1. The van der Waals surface area contributed by atoms with E-state index in [2.05, 4.69) is 5.32 Å². The van der Waals surface area contributed by atoms with Crippen LogP contribution in [0.5, 0.6) is 5.75 Å². The molecule has 0 atom stereocenters. The minimum absolute atomic E-state index is 0.0389. The maximum Gasteiger partial charge on any atom is 0.264 e. The standard InChI is InChI=1S/C21H18Cl2N2O4S/c1-25(19-5-3-4-6-20(19)29-2)30(27,28)16-10-7-14(8-11-16)21(26)24-18-12-9-15(22)13-17(18)23/h3-13H,1-2H3,(H,24,26). The Morgan fingerprint density at radius 1 is 1.00 bits per heavy atom. The number of amides is 1. The first-order valence-electron chi connectivity index (χ1n) is 8.72. The fraction of sp³-hybridized carbons (Fsp3) is 0.0952. The third kappa shape index (κ3) is 4.53. The molecule has 0 aliphatic heterocycles. The van der Waals surface area contributed by atoms with Gasteiger partial charge in [-0.15, -0.1) is 0 Å². The van der Waals surface area contributed by atoms with E-state index in [0.717, 1.165) is 4.31 Å². The van der Waals surface area contributed by atoms with E-state index in [1.54, 1.807) is 36.4 Å². The smallest absolute Gasteiger partial charge is 0.264 e. The Morgan fingerprint density at radius 2 is 1.67 bits per heavy atom. The van der Waals surface area contributed by atoms with Gasteiger partial charge in [0.2, 0.25) is 0 Å². The van der Waals surface area contributed by atoms with E-state index in [9.17, 15) is 13.2 Å². The van der Waals surface area contributed by atoms with Crippen LogP contribution in [-0.2, 0) is 10.0 Å². The summed E-state index contributed by atoms with van der Waals surface area (Å²) >= 11 is 11.9. The zero-order chi connectivity index (χ0) is 21.9. The first-order chi connectivity index (χ1) is 14.2. The molecule has 0 bridgehead atoms. The van der Waals surface area contributed by atoms with Crippen molar-refractivity contribution in [2.45, 2.75) is 4.90 Å². The summed E-state index contributed by atoms with van der Waals surface area (Å²) in [7, 11) is -0.939. The van der Waals surface area contributed by atoms with Crippen molar-refractivity contribution in [1.82, 2.24) is 0 Å². The van der Waals surface area contributed by atoms with Crippen molar-refractivity contribution in [3.63, 3.8) is 0 Å². The number of carbonyl (C=O) groups excluding carboxylic acids is 1. The van der Waals surface area contributed by atoms with E-state index in [4.69, 9.17) is 27.9 Å². The van der Waals surface area contributed by atoms with E-state index in [1.807, 2.05) is 0 Å². The van der Waals surface area contributed by atoms with E-state index >= 15 is 0 Å². The van der Waals surface area contributed by atoms with Gasteiger partial charge in [0, 0.05) is 17.6 Å². The molecular weight excluding hydrogens is 447 g/mol. The van der Waals surface area contributed by atoms with Crippen LogP contribution in [0.15, 0.2) is 71.6 Å². The molecule has 3 aromatic rings. The third-order valence-corrected chi connectivity index (χ3v) is 6.71. The molecule has 0 aliphatic carbocycles. The number of methoxy groups -OCH3 is 1. The Kier molecular flexibility index (Phi) is 6.55. The number of para-hydroxylation sites is 2. The van der Waals surface area contributed by atoms with Crippen molar-refractivity contribution in [3.05, 3.63) is 82.3 Å².